The van der Waals surface area contributed by atoms with E-state index in [9.17, 15) is 4.79 Å². The summed E-state index contributed by atoms with van der Waals surface area (Å²) in [4.78, 5) is 11.8. The molecule has 2 unspecified atom stereocenters. The van der Waals surface area contributed by atoms with Crippen LogP contribution < -0.4 is 5.32 Å². The van der Waals surface area contributed by atoms with Crippen LogP contribution in [0.15, 0.2) is 0 Å². The molecule has 1 saturated carbocycles. The number of nitrogens with one attached hydrogen (secondary N) is 1. The van der Waals surface area contributed by atoms with Gasteiger partial charge in [-0.1, -0.05) is 20.8 Å². The molecule has 1 aliphatic carbocycles. The van der Waals surface area contributed by atoms with Crippen LogP contribution in [0.3, 0.4) is 0 Å². The first kappa shape index (κ1) is 11.5. The molecule has 0 radical (unpaired) electrons. The van der Waals surface area contributed by atoms with E-state index in [0.29, 0.717) is 5.92 Å². The Kier molecular flexibility index (Phi) is 3.57. The van der Waals surface area contributed by atoms with Crippen LogP contribution in [0.2, 0.25) is 0 Å². The molecule has 0 aromatic rings. The van der Waals surface area contributed by atoms with Crippen LogP contribution >= 0.6 is 0 Å². The van der Waals surface area contributed by atoms with Gasteiger partial charge in [0.15, 0.2) is 0 Å². The number of carbonyl (C=O) groups is 1. The normalized spacial score (nSPS) is 32.2. The average Bonchev–Trinajstić information content (AvgIpc) is 2.50. The van der Waals surface area contributed by atoms with Crippen molar-refractivity contribution in [1.29, 1.82) is 0 Å². The van der Waals surface area contributed by atoms with Crippen LogP contribution in [-0.4, -0.2) is 12.5 Å². The molecule has 1 amide bonds. The van der Waals surface area contributed by atoms with E-state index in [1.165, 1.54) is 6.42 Å². The van der Waals surface area contributed by atoms with Crippen molar-refractivity contribution in [2.75, 3.05) is 6.54 Å². The summed E-state index contributed by atoms with van der Waals surface area (Å²) in [5, 5.41) is 2.95. The fraction of sp³-hybridized carbons (Fsp3) is 0.917. The van der Waals surface area contributed by atoms with Crippen LogP contribution in [0, 0.1) is 17.3 Å². The first-order valence-electron chi connectivity index (χ1n) is 5.78. The number of amides is 1. The Morgan fingerprint density at radius 3 is 2.64 bits per heavy atom. The van der Waals surface area contributed by atoms with E-state index < -0.39 is 0 Å². The zero-order valence-electron chi connectivity index (χ0n) is 9.89. The second kappa shape index (κ2) is 4.33. The molecule has 1 rings (SSSR count). The largest absolute Gasteiger partial charge is 0.356 e. The van der Waals surface area contributed by atoms with Gasteiger partial charge in [0.2, 0.25) is 5.91 Å². The molecule has 14 heavy (non-hydrogen) atoms. The molecule has 0 saturated heterocycles. The standard InChI is InChI=1S/C12H23NO/c1-5-13-11(14)12(4)7-6-10(8-12)9(2)3/h9-10H,5-8H2,1-4H3,(H,13,14). The molecule has 0 aromatic carbocycles. The molecule has 82 valence electrons. The topological polar surface area (TPSA) is 29.1 Å². The lowest BCUT2D eigenvalue weighted by Gasteiger charge is -2.23. The molecule has 2 heteroatoms. The molecule has 1 aliphatic rings. The number of hydrogen-bond donors (Lipinski definition) is 1. The van der Waals surface area contributed by atoms with E-state index in [-0.39, 0.29) is 11.3 Å². The van der Waals surface area contributed by atoms with Gasteiger partial charge in [-0.3, -0.25) is 4.79 Å². The minimum absolute atomic E-state index is 0.0923. The summed E-state index contributed by atoms with van der Waals surface area (Å²) in [7, 11) is 0. The van der Waals surface area contributed by atoms with Gasteiger partial charge < -0.3 is 5.32 Å². The summed E-state index contributed by atoms with van der Waals surface area (Å²) in [5.41, 5.74) is -0.0923. The molecular weight excluding hydrogens is 174 g/mol. The molecule has 1 N–H and O–H groups in total. The van der Waals surface area contributed by atoms with Gasteiger partial charge in [0, 0.05) is 12.0 Å². The maximum absolute atomic E-state index is 11.8. The molecule has 0 spiro atoms. The molecule has 0 bridgehead atoms. The molecule has 1 fully saturated rings. The second-order valence-electron chi connectivity index (χ2n) is 5.17. The van der Waals surface area contributed by atoms with Gasteiger partial charge in [-0.2, -0.15) is 0 Å². The van der Waals surface area contributed by atoms with Gasteiger partial charge in [-0.05, 0) is 38.0 Å². The maximum atomic E-state index is 11.8. The monoisotopic (exact) mass is 197 g/mol. The first-order valence-corrected chi connectivity index (χ1v) is 5.78. The van der Waals surface area contributed by atoms with Crippen molar-refractivity contribution < 1.29 is 4.79 Å². The number of rotatable bonds is 3. The Hall–Kier alpha value is -0.530. The highest BCUT2D eigenvalue weighted by molar-refractivity contribution is 5.82. The van der Waals surface area contributed by atoms with Crippen LogP contribution in [0.4, 0.5) is 0 Å². The third-order valence-corrected chi connectivity index (χ3v) is 3.61. The van der Waals surface area contributed by atoms with Crippen molar-refractivity contribution >= 4 is 5.91 Å². The lowest BCUT2D eigenvalue weighted by molar-refractivity contribution is -0.130. The van der Waals surface area contributed by atoms with Crippen molar-refractivity contribution in [3.63, 3.8) is 0 Å². The zero-order valence-corrected chi connectivity index (χ0v) is 9.89. The minimum Gasteiger partial charge on any atom is -0.356 e. The molecule has 0 aliphatic heterocycles. The Bertz CT molecular complexity index is 212. The van der Waals surface area contributed by atoms with Crippen LogP contribution in [0.5, 0.6) is 0 Å². The SMILES string of the molecule is CCNC(=O)C1(C)CCC(C(C)C)C1. The van der Waals surface area contributed by atoms with Gasteiger partial charge in [-0.25, -0.2) is 0 Å². The van der Waals surface area contributed by atoms with E-state index in [0.717, 1.165) is 25.3 Å². The fourth-order valence-corrected chi connectivity index (χ4v) is 2.44. The lowest BCUT2D eigenvalue weighted by Crippen LogP contribution is -2.37. The highest BCUT2D eigenvalue weighted by Gasteiger charge is 2.41. The lowest BCUT2D eigenvalue weighted by atomic mass is 9.84. The van der Waals surface area contributed by atoms with Crippen molar-refractivity contribution in [2.45, 2.75) is 47.0 Å². The van der Waals surface area contributed by atoms with E-state index >= 15 is 0 Å². The van der Waals surface area contributed by atoms with E-state index in [1.54, 1.807) is 0 Å². The maximum Gasteiger partial charge on any atom is 0.225 e. The fourth-order valence-electron chi connectivity index (χ4n) is 2.44. The Morgan fingerprint density at radius 1 is 1.57 bits per heavy atom. The summed E-state index contributed by atoms with van der Waals surface area (Å²) < 4.78 is 0. The highest BCUT2D eigenvalue weighted by Crippen LogP contribution is 2.44. The molecule has 0 heterocycles. The third-order valence-electron chi connectivity index (χ3n) is 3.61. The second-order valence-corrected chi connectivity index (χ2v) is 5.17. The van der Waals surface area contributed by atoms with Crippen molar-refractivity contribution in [2.24, 2.45) is 17.3 Å². The van der Waals surface area contributed by atoms with Crippen LogP contribution in [0.1, 0.15) is 47.0 Å². The van der Waals surface area contributed by atoms with E-state index in [2.05, 4.69) is 26.1 Å². The van der Waals surface area contributed by atoms with E-state index in [4.69, 9.17) is 0 Å². The van der Waals surface area contributed by atoms with Gasteiger partial charge in [0.1, 0.15) is 0 Å². The highest BCUT2D eigenvalue weighted by atomic mass is 16.2. The summed E-state index contributed by atoms with van der Waals surface area (Å²) in [6.07, 6.45) is 3.34. The summed E-state index contributed by atoms with van der Waals surface area (Å²) in [6, 6.07) is 0. The van der Waals surface area contributed by atoms with Crippen molar-refractivity contribution in [1.82, 2.24) is 5.32 Å². The van der Waals surface area contributed by atoms with Crippen LogP contribution in [-0.2, 0) is 4.79 Å². The Morgan fingerprint density at radius 2 is 2.21 bits per heavy atom. The first-order chi connectivity index (χ1) is 6.49. The van der Waals surface area contributed by atoms with Crippen molar-refractivity contribution in [3.05, 3.63) is 0 Å². The molecular formula is C12H23NO. The third kappa shape index (κ3) is 2.28. The smallest absolute Gasteiger partial charge is 0.225 e. The predicted octanol–water partition coefficient (Wildman–Crippen LogP) is 2.58. The van der Waals surface area contributed by atoms with Gasteiger partial charge in [0.25, 0.3) is 0 Å². The summed E-state index contributed by atoms with van der Waals surface area (Å²) >= 11 is 0. The quantitative estimate of drug-likeness (QED) is 0.740. The van der Waals surface area contributed by atoms with Gasteiger partial charge in [-0.15, -0.1) is 0 Å². The molecule has 2 atom stereocenters. The van der Waals surface area contributed by atoms with Crippen molar-refractivity contribution in [3.8, 4) is 0 Å². The summed E-state index contributed by atoms with van der Waals surface area (Å²) in [5.74, 6) is 1.71. The van der Waals surface area contributed by atoms with E-state index in [1.807, 2.05) is 6.92 Å². The molecule has 0 aromatic heterocycles. The Balaban J connectivity index is 2.57. The Labute approximate surface area is 87.5 Å². The van der Waals surface area contributed by atoms with Gasteiger partial charge in [0.05, 0.1) is 0 Å². The molecule has 2 nitrogen and oxygen atoms in total. The zero-order chi connectivity index (χ0) is 10.8. The summed E-state index contributed by atoms with van der Waals surface area (Å²) in [6.45, 7) is 9.36. The minimum atomic E-state index is -0.0923. The number of carbonyl (C=O) groups excluding carboxylic acids is 1. The van der Waals surface area contributed by atoms with Gasteiger partial charge >= 0.3 is 0 Å². The predicted molar refractivity (Wildman–Crippen MR) is 59.0 cm³/mol. The number of hydrogen-bond acceptors (Lipinski definition) is 1. The van der Waals surface area contributed by atoms with Crippen LogP contribution in [0.25, 0.3) is 0 Å². The average molecular weight is 197 g/mol.